The van der Waals surface area contributed by atoms with E-state index in [0.717, 1.165) is 4.90 Å². The van der Waals surface area contributed by atoms with E-state index in [9.17, 15) is 18.8 Å². The van der Waals surface area contributed by atoms with Gasteiger partial charge in [0.1, 0.15) is 11.5 Å². The lowest BCUT2D eigenvalue weighted by molar-refractivity contribution is -0.118. The number of para-hydroxylation sites is 2. The van der Waals surface area contributed by atoms with E-state index in [1.54, 1.807) is 48.5 Å². The van der Waals surface area contributed by atoms with Gasteiger partial charge in [-0.1, -0.05) is 30.3 Å². The zero-order valence-electron chi connectivity index (χ0n) is 18.1. The van der Waals surface area contributed by atoms with Crippen molar-refractivity contribution in [2.75, 3.05) is 23.9 Å². The summed E-state index contributed by atoms with van der Waals surface area (Å²) < 4.78 is 24.1. The molecule has 1 fully saturated rings. The van der Waals surface area contributed by atoms with Crippen molar-refractivity contribution in [3.05, 3.63) is 89.9 Å². The molecule has 1 aliphatic rings. The summed E-state index contributed by atoms with van der Waals surface area (Å²) in [6, 6.07) is 18.3. The molecule has 0 spiro atoms. The van der Waals surface area contributed by atoms with Crippen molar-refractivity contribution in [2.45, 2.75) is 0 Å². The van der Waals surface area contributed by atoms with Gasteiger partial charge in [-0.25, -0.2) is 14.1 Å². The van der Waals surface area contributed by atoms with E-state index in [4.69, 9.17) is 9.47 Å². The summed E-state index contributed by atoms with van der Waals surface area (Å²) in [5.41, 5.74) is 1.32. The third-order valence-corrected chi connectivity index (χ3v) is 4.90. The molecule has 1 saturated heterocycles. The third-order valence-electron chi connectivity index (χ3n) is 4.90. The van der Waals surface area contributed by atoms with Gasteiger partial charge in [-0.05, 0) is 48.5 Å². The van der Waals surface area contributed by atoms with Crippen molar-refractivity contribution in [3.8, 4) is 11.5 Å². The van der Waals surface area contributed by atoms with Gasteiger partial charge >= 0.3 is 6.03 Å². The SMILES string of the molecule is COc1cccc(C=C2NC(=O)N(c3ccccc3)C2=O)c1OCC(=O)Nc1ccc(F)cc1. The van der Waals surface area contributed by atoms with Gasteiger partial charge in [0.05, 0.1) is 12.8 Å². The number of nitrogens with one attached hydrogen (secondary N) is 2. The molecular formula is C25H20FN3O5. The molecule has 1 aliphatic heterocycles. The summed E-state index contributed by atoms with van der Waals surface area (Å²) >= 11 is 0. The van der Waals surface area contributed by atoms with Crippen LogP contribution in [0.15, 0.2) is 78.5 Å². The van der Waals surface area contributed by atoms with Gasteiger partial charge in [-0.15, -0.1) is 0 Å². The topological polar surface area (TPSA) is 97.0 Å². The van der Waals surface area contributed by atoms with E-state index < -0.39 is 23.7 Å². The molecule has 0 bridgehead atoms. The Hall–Kier alpha value is -4.66. The zero-order chi connectivity index (χ0) is 24.1. The van der Waals surface area contributed by atoms with Gasteiger partial charge in [0, 0.05) is 11.3 Å². The number of hydrogen-bond donors (Lipinski definition) is 2. The molecular weight excluding hydrogens is 441 g/mol. The molecule has 2 N–H and O–H groups in total. The third kappa shape index (κ3) is 4.88. The van der Waals surface area contributed by atoms with Crippen molar-refractivity contribution in [1.82, 2.24) is 5.32 Å². The van der Waals surface area contributed by atoms with Gasteiger partial charge in [-0.3, -0.25) is 9.59 Å². The highest BCUT2D eigenvalue weighted by atomic mass is 19.1. The van der Waals surface area contributed by atoms with Crippen LogP contribution in [0.25, 0.3) is 6.08 Å². The Morgan fingerprint density at radius 1 is 1.03 bits per heavy atom. The molecule has 0 radical (unpaired) electrons. The Labute approximate surface area is 194 Å². The number of ether oxygens (including phenoxy) is 2. The lowest BCUT2D eigenvalue weighted by atomic mass is 10.1. The molecule has 4 rings (SSSR count). The zero-order valence-corrected chi connectivity index (χ0v) is 18.1. The molecule has 3 aromatic rings. The Kier molecular flexibility index (Phi) is 6.54. The smallest absolute Gasteiger partial charge is 0.333 e. The molecule has 9 heteroatoms. The van der Waals surface area contributed by atoms with Crippen LogP contribution in [0.4, 0.5) is 20.6 Å². The minimum absolute atomic E-state index is 0.0442. The van der Waals surface area contributed by atoms with Crippen molar-refractivity contribution in [2.24, 2.45) is 0 Å². The van der Waals surface area contributed by atoms with Crippen LogP contribution in [0.5, 0.6) is 11.5 Å². The highest BCUT2D eigenvalue weighted by molar-refractivity contribution is 6.28. The predicted octanol–water partition coefficient (Wildman–Crippen LogP) is 3.95. The number of carbonyl (C=O) groups is 3. The van der Waals surface area contributed by atoms with Crippen LogP contribution >= 0.6 is 0 Å². The molecule has 0 aliphatic carbocycles. The first kappa shape index (κ1) is 22.5. The Morgan fingerprint density at radius 3 is 2.47 bits per heavy atom. The average Bonchev–Trinajstić information content (AvgIpc) is 3.12. The monoisotopic (exact) mass is 461 g/mol. The normalized spacial score (nSPS) is 14.2. The first-order valence-corrected chi connectivity index (χ1v) is 10.2. The van der Waals surface area contributed by atoms with Gasteiger partial charge in [0.2, 0.25) is 0 Å². The van der Waals surface area contributed by atoms with Crippen LogP contribution in [-0.2, 0) is 9.59 Å². The quantitative estimate of drug-likeness (QED) is 0.410. The molecule has 4 amide bonds. The Morgan fingerprint density at radius 2 is 1.76 bits per heavy atom. The summed E-state index contributed by atoms with van der Waals surface area (Å²) in [5, 5.41) is 5.16. The Balaban J connectivity index is 1.54. The van der Waals surface area contributed by atoms with E-state index in [-0.39, 0.29) is 18.1 Å². The van der Waals surface area contributed by atoms with Crippen LogP contribution in [0, 0.1) is 5.82 Å². The van der Waals surface area contributed by atoms with Crippen molar-refractivity contribution in [3.63, 3.8) is 0 Å². The molecule has 172 valence electrons. The number of anilines is 2. The van der Waals surface area contributed by atoms with Crippen LogP contribution in [0.1, 0.15) is 5.56 Å². The van der Waals surface area contributed by atoms with E-state index in [0.29, 0.717) is 22.7 Å². The standard InChI is InChI=1S/C25H20FN3O5/c1-33-21-9-5-6-16(23(21)34-15-22(30)27-18-12-10-17(26)11-13-18)14-20-24(31)29(25(32)28-20)19-7-3-2-4-8-19/h2-14H,15H2,1H3,(H,27,30)(H,28,32). The first-order chi connectivity index (χ1) is 16.5. The van der Waals surface area contributed by atoms with Crippen molar-refractivity contribution >= 4 is 35.3 Å². The number of carbonyl (C=O) groups excluding carboxylic acids is 3. The van der Waals surface area contributed by atoms with Crippen LogP contribution in [0.2, 0.25) is 0 Å². The van der Waals surface area contributed by atoms with E-state index in [1.165, 1.54) is 37.5 Å². The lowest BCUT2D eigenvalue weighted by Gasteiger charge is -2.14. The highest BCUT2D eigenvalue weighted by Crippen LogP contribution is 2.33. The van der Waals surface area contributed by atoms with Gasteiger partial charge in [-0.2, -0.15) is 0 Å². The van der Waals surface area contributed by atoms with Gasteiger partial charge in [0.25, 0.3) is 11.8 Å². The number of benzene rings is 3. The number of urea groups is 1. The largest absolute Gasteiger partial charge is 0.493 e. The highest BCUT2D eigenvalue weighted by Gasteiger charge is 2.35. The Bertz CT molecular complexity index is 1260. The second-order valence-electron chi connectivity index (χ2n) is 7.19. The van der Waals surface area contributed by atoms with E-state index >= 15 is 0 Å². The average molecular weight is 461 g/mol. The number of hydrogen-bond acceptors (Lipinski definition) is 5. The summed E-state index contributed by atoms with van der Waals surface area (Å²) in [5.74, 6) is -0.872. The number of rotatable bonds is 7. The summed E-state index contributed by atoms with van der Waals surface area (Å²) in [7, 11) is 1.44. The first-order valence-electron chi connectivity index (χ1n) is 10.2. The fourth-order valence-electron chi connectivity index (χ4n) is 3.33. The number of imide groups is 1. The molecule has 0 aromatic heterocycles. The van der Waals surface area contributed by atoms with Crippen LogP contribution in [-0.4, -0.2) is 31.6 Å². The fraction of sp³-hybridized carbons (Fsp3) is 0.0800. The number of amides is 4. The van der Waals surface area contributed by atoms with Crippen LogP contribution < -0.4 is 25.0 Å². The van der Waals surface area contributed by atoms with Gasteiger partial charge < -0.3 is 20.1 Å². The summed E-state index contributed by atoms with van der Waals surface area (Å²) in [6.45, 7) is -0.371. The minimum Gasteiger partial charge on any atom is -0.493 e. The number of halogens is 1. The number of methoxy groups -OCH3 is 1. The molecule has 0 atom stereocenters. The molecule has 3 aromatic carbocycles. The van der Waals surface area contributed by atoms with Crippen LogP contribution in [0.3, 0.4) is 0 Å². The maximum Gasteiger partial charge on any atom is 0.333 e. The second kappa shape index (κ2) is 9.86. The maximum atomic E-state index is 13.1. The minimum atomic E-state index is -0.577. The van der Waals surface area contributed by atoms with E-state index in [1.807, 2.05) is 0 Å². The molecule has 34 heavy (non-hydrogen) atoms. The molecule has 0 unspecified atom stereocenters. The van der Waals surface area contributed by atoms with E-state index in [2.05, 4.69) is 10.6 Å². The van der Waals surface area contributed by atoms with Crippen molar-refractivity contribution < 1.29 is 28.2 Å². The predicted molar refractivity (Wildman–Crippen MR) is 124 cm³/mol. The summed E-state index contributed by atoms with van der Waals surface area (Å²) in [4.78, 5) is 38.7. The fourth-order valence-corrected chi connectivity index (χ4v) is 3.33. The number of nitrogens with zero attached hydrogens (tertiary/aromatic N) is 1. The summed E-state index contributed by atoms with van der Waals surface area (Å²) in [6.07, 6.45) is 1.46. The second-order valence-corrected chi connectivity index (χ2v) is 7.19. The van der Waals surface area contributed by atoms with Crippen molar-refractivity contribution in [1.29, 1.82) is 0 Å². The maximum absolute atomic E-state index is 13.1. The lowest BCUT2D eigenvalue weighted by Crippen LogP contribution is -2.30. The van der Waals surface area contributed by atoms with Gasteiger partial charge in [0.15, 0.2) is 18.1 Å². The molecule has 1 heterocycles. The molecule has 0 saturated carbocycles. The molecule has 8 nitrogen and oxygen atoms in total.